The van der Waals surface area contributed by atoms with E-state index < -0.39 is 17.7 Å². The van der Waals surface area contributed by atoms with Crippen LogP contribution in [0.1, 0.15) is 11.6 Å². The summed E-state index contributed by atoms with van der Waals surface area (Å²) in [5, 5.41) is 12.0. The summed E-state index contributed by atoms with van der Waals surface area (Å²) in [7, 11) is 1.54. The zero-order valence-electron chi connectivity index (χ0n) is 9.04. The number of halogens is 2. The van der Waals surface area contributed by atoms with Crippen LogP contribution >= 0.6 is 0 Å². The molecule has 0 saturated carbocycles. The minimum Gasteiger partial charge on any atom is -0.394 e. The van der Waals surface area contributed by atoms with Gasteiger partial charge < -0.3 is 15.2 Å². The number of ether oxygens (including phenoxy) is 1. The fourth-order valence-electron chi connectivity index (χ4n) is 1.40. The lowest BCUT2D eigenvalue weighted by Crippen LogP contribution is -2.28. The number of benzene rings is 1. The van der Waals surface area contributed by atoms with Crippen molar-refractivity contribution in [2.24, 2.45) is 0 Å². The average molecular weight is 231 g/mol. The Bertz CT molecular complexity index is 334. The number of aliphatic hydroxyl groups is 1. The number of nitrogens with one attached hydrogen (secondary N) is 1. The molecule has 1 aromatic carbocycles. The van der Waals surface area contributed by atoms with E-state index in [0.717, 1.165) is 6.07 Å². The number of aliphatic hydroxyl groups excluding tert-OH is 1. The first-order valence-corrected chi connectivity index (χ1v) is 4.97. The van der Waals surface area contributed by atoms with E-state index in [2.05, 4.69) is 5.32 Å². The Balaban J connectivity index is 2.74. The monoisotopic (exact) mass is 231 g/mol. The van der Waals surface area contributed by atoms with Gasteiger partial charge in [-0.05, 0) is 6.07 Å². The lowest BCUT2D eigenvalue weighted by molar-refractivity contribution is 0.183. The quantitative estimate of drug-likeness (QED) is 0.724. The third kappa shape index (κ3) is 3.23. The predicted molar refractivity (Wildman–Crippen MR) is 56.1 cm³/mol. The Morgan fingerprint density at radius 3 is 2.81 bits per heavy atom. The summed E-state index contributed by atoms with van der Waals surface area (Å²) in [6.07, 6.45) is 0. The second-order valence-electron chi connectivity index (χ2n) is 3.33. The molecule has 0 radical (unpaired) electrons. The third-order valence-corrected chi connectivity index (χ3v) is 2.24. The summed E-state index contributed by atoms with van der Waals surface area (Å²) >= 11 is 0. The zero-order chi connectivity index (χ0) is 12.0. The van der Waals surface area contributed by atoms with Crippen molar-refractivity contribution < 1.29 is 18.6 Å². The van der Waals surface area contributed by atoms with Gasteiger partial charge in [0, 0.05) is 19.2 Å². The Morgan fingerprint density at radius 2 is 2.19 bits per heavy atom. The lowest BCUT2D eigenvalue weighted by Gasteiger charge is -2.17. The van der Waals surface area contributed by atoms with Crippen molar-refractivity contribution in [3.8, 4) is 0 Å². The molecule has 0 aliphatic carbocycles. The molecule has 0 saturated heterocycles. The number of methoxy groups -OCH3 is 1. The molecule has 0 heterocycles. The highest BCUT2D eigenvalue weighted by atomic mass is 19.2. The van der Waals surface area contributed by atoms with Gasteiger partial charge in [0.2, 0.25) is 0 Å². The molecule has 2 N–H and O–H groups in total. The Morgan fingerprint density at radius 1 is 1.44 bits per heavy atom. The summed E-state index contributed by atoms with van der Waals surface area (Å²) in [6.45, 7) is 0.592. The highest BCUT2D eigenvalue weighted by Crippen LogP contribution is 2.18. The third-order valence-electron chi connectivity index (χ3n) is 2.24. The van der Waals surface area contributed by atoms with Crippen LogP contribution in [0.5, 0.6) is 0 Å². The van der Waals surface area contributed by atoms with Gasteiger partial charge in [-0.2, -0.15) is 0 Å². The van der Waals surface area contributed by atoms with Crippen molar-refractivity contribution in [3.63, 3.8) is 0 Å². The molecule has 0 bridgehead atoms. The Hall–Kier alpha value is -1.04. The predicted octanol–water partition coefficient (Wildman–Crippen LogP) is 1.23. The molecule has 90 valence electrons. The first-order valence-electron chi connectivity index (χ1n) is 4.97. The van der Waals surface area contributed by atoms with Gasteiger partial charge in [-0.15, -0.1) is 0 Å². The maximum Gasteiger partial charge on any atom is 0.163 e. The summed E-state index contributed by atoms with van der Waals surface area (Å²) in [5.74, 6) is -1.84. The molecule has 0 fully saturated rings. The number of rotatable bonds is 6. The van der Waals surface area contributed by atoms with E-state index in [1.807, 2.05) is 0 Å². The Labute approximate surface area is 93.0 Å². The molecule has 1 aromatic rings. The molecule has 16 heavy (non-hydrogen) atoms. The van der Waals surface area contributed by atoms with Crippen LogP contribution in [-0.2, 0) is 4.74 Å². The van der Waals surface area contributed by atoms with Crippen LogP contribution in [0.15, 0.2) is 18.2 Å². The normalized spacial score (nSPS) is 12.8. The molecule has 1 unspecified atom stereocenters. The van der Waals surface area contributed by atoms with Crippen molar-refractivity contribution in [2.45, 2.75) is 6.04 Å². The molecule has 0 amide bonds. The first kappa shape index (κ1) is 13.0. The topological polar surface area (TPSA) is 41.5 Å². The van der Waals surface area contributed by atoms with Crippen LogP contribution in [0, 0.1) is 11.6 Å². The Kier molecular flexibility index (Phi) is 5.31. The highest BCUT2D eigenvalue weighted by Gasteiger charge is 2.16. The minimum atomic E-state index is -0.925. The maximum absolute atomic E-state index is 13.4. The smallest absolute Gasteiger partial charge is 0.163 e. The molecule has 0 aliphatic rings. The zero-order valence-corrected chi connectivity index (χ0v) is 9.04. The van der Waals surface area contributed by atoms with Crippen molar-refractivity contribution in [2.75, 3.05) is 26.9 Å². The van der Waals surface area contributed by atoms with Gasteiger partial charge in [-0.25, -0.2) is 8.78 Å². The van der Waals surface area contributed by atoms with Gasteiger partial charge in [-0.3, -0.25) is 0 Å². The number of hydrogen-bond donors (Lipinski definition) is 2. The van der Waals surface area contributed by atoms with Gasteiger partial charge in [0.15, 0.2) is 11.6 Å². The second-order valence-corrected chi connectivity index (χ2v) is 3.33. The van der Waals surface area contributed by atoms with Crippen LogP contribution in [-0.4, -0.2) is 32.0 Å². The van der Waals surface area contributed by atoms with Gasteiger partial charge in [0.1, 0.15) is 0 Å². The van der Waals surface area contributed by atoms with E-state index >= 15 is 0 Å². The van der Waals surface area contributed by atoms with Crippen molar-refractivity contribution >= 4 is 0 Å². The van der Waals surface area contributed by atoms with E-state index in [0.29, 0.717) is 13.2 Å². The molecule has 1 atom stereocenters. The van der Waals surface area contributed by atoms with E-state index in [-0.39, 0.29) is 12.2 Å². The summed E-state index contributed by atoms with van der Waals surface area (Å²) in [4.78, 5) is 0. The number of hydrogen-bond acceptors (Lipinski definition) is 3. The summed E-state index contributed by atoms with van der Waals surface area (Å²) < 4.78 is 31.2. The van der Waals surface area contributed by atoms with Gasteiger partial charge in [0.05, 0.1) is 19.3 Å². The van der Waals surface area contributed by atoms with Crippen LogP contribution < -0.4 is 5.32 Å². The minimum absolute atomic E-state index is 0.124. The van der Waals surface area contributed by atoms with Crippen molar-refractivity contribution in [3.05, 3.63) is 35.4 Å². The largest absolute Gasteiger partial charge is 0.394 e. The van der Waals surface area contributed by atoms with Crippen molar-refractivity contribution in [1.82, 2.24) is 5.32 Å². The lowest BCUT2D eigenvalue weighted by atomic mass is 10.1. The maximum atomic E-state index is 13.4. The molecule has 5 heteroatoms. The molecular weight excluding hydrogens is 216 g/mol. The standard InChI is InChI=1S/C11H15F2NO2/c1-16-6-5-14-10(7-15)8-3-2-4-9(12)11(8)13/h2-4,10,14-15H,5-7H2,1H3. The molecule has 3 nitrogen and oxygen atoms in total. The summed E-state index contributed by atoms with van der Waals surface area (Å²) in [6, 6.07) is 3.28. The van der Waals surface area contributed by atoms with Crippen LogP contribution in [0.4, 0.5) is 8.78 Å². The fourth-order valence-corrected chi connectivity index (χ4v) is 1.40. The first-order chi connectivity index (χ1) is 7.70. The van der Waals surface area contributed by atoms with E-state index in [9.17, 15) is 8.78 Å². The van der Waals surface area contributed by atoms with Crippen LogP contribution in [0.3, 0.4) is 0 Å². The SMILES string of the molecule is COCCNC(CO)c1cccc(F)c1F. The van der Waals surface area contributed by atoms with Crippen molar-refractivity contribution in [1.29, 1.82) is 0 Å². The van der Waals surface area contributed by atoms with Crippen LogP contribution in [0.2, 0.25) is 0 Å². The van der Waals surface area contributed by atoms with E-state index in [1.54, 1.807) is 7.11 Å². The van der Waals surface area contributed by atoms with Gasteiger partial charge in [0.25, 0.3) is 0 Å². The van der Waals surface area contributed by atoms with Crippen LogP contribution in [0.25, 0.3) is 0 Å². The molecule has 0 aromatic heterocycles. The van der Waals surface area contributed by atoms with Gasteiger partial charge >= 0.3 is 0 Å². The molecule has 0 spiro atoms. The van der Waals surface area contributed by atoms with E-state index in [1.165, 1.54) is 12.1 Å². The molecule has 0 aliphatic heterocycles. The highest BCUT2D eigenvalue weighted by molar-refractivity contribution is 5.22. The van der Waals surface area contributed by atoms with E-state index in [4.69, 9.17) is 9.84 Å². The van der Waals surface area contributed by atoms with Gasteiger partial charge in [-0.1, -0.05) is 12.1 Å². The molecular formula is C11H15F2NO2. The average Bonchev–Trinajstić information content (AvgIpc) is 2.29. The summed E-state index contributed by atoms with van der Waals surface area (Å²) in [5.41, 5.74) is 0.124. The second kappa shape index (κ2) is 6.52. The molecule has 1 rings (SSSR count). The fraction of sp³-hybridized carbons (Fsp3) is 0.455.